The summed E-state index contributed by atoms with van der Waals surface area (Å²) in [5.41, 5.74) is 0. The number of urea groups is 1. The molecule has 0 aliphatic heterocycles. The molecule has 84 valence electrons. The highest BCUT2D eigenvalue weighted by Crippen LogP contribution is 2.02. The molecule has 0 aromatic rings. The lowest BCUT2D eigenvalue weighted by molar-refractivity contribution is 0.163. The Balaban J connectivity index is 4.04. The minimum absolute atomic E-state index is 0.118. The van der Waals surface area contributed by atoms with E-state index in [1.54, 1.807) is 9.80 Å². The van der Waals surface area contributed by atoms with Crippen molar-refractivity contribution in [1.82, 2.24) is 9.80 Å². The maximum Gasteiger partial charge on any atom is 0.319 e. The summed E-state index contributed by atoms with van der Waals surface area (Å²) >= 11 is 0. The zero-order valence-electron chi connectivity index (χ0n) is 10.4. The largest absolute Gasteiger partial charge is 0.327 e. The molecular weight excluding hydrogens is 176 g/mol. The molecule has 0 N–H and O–H groups in total. The Morgan fingerprint density at radius 3 is 1.43 bits per heavy atom. The topological polar surface area (TPSA) is 23.6 Å². The highest BCUT2D eigenvalue weighted by molar-refractivity contribution is 5.73. The molecule has 0 saturated heterocycles. The summed E-state index contributed by atoms with van der Waals surface area (Å²) in [5.74, 6) is 1.05. The van der Waals surface area contributed by atoms with Crippen molar-refractivity contribution in [3.63, 3.8) is 0 Å². The fourth-order valence-corrected chi connectivity index (χ4v) is 1.54. The van der Waals surface area contributed by atoms with Crippen LogP contribution in [0.15, 0.2) is 0 Å². The van der Waals surface area contributed by atoms with E-state index in [-0.39, 0.29) is 6.03 Å². The van der Waals surface area contributed by atoms with E-state index in [0.717, 1.165) is 13.1 Å². The molecule has 0 aromatic carbocycles. The first-order valence-electron chi connectivity index (χ1n) is 5.30. The van der Waals surface area contributed by atoms with Crippen LogP contribution in [0.2, 0.25) is 0 Å². The average Bonchev–Trinajstić information content (AvgIpc) is 2.00. The first-order valence-corrected chi connectivity index (χ1v) is 5.30. The molecule has 0 aliphatic carbocycles. The lowest BCUT2D eigenvalue weighted by Crippen LogP contribution is -2.41. The molecule has 0 saturated carbocycles. The van der Waals surface area contributed by atoms with E-state index in [2.05, 4.69) is 27.7 Å². The maximum absolute atomic E-state index is 11.8. The van der Waals surface area contributed by atoms with Crippen LogP contribution in [0.25, 0.3) is 0 Å². The normalized spacial score (nSPS) is 10.9. The van der Waals surface area contributed by atoms with Gasteiger partial charge in [0.1, 0.15) is 0 Å². The molecule has 0 spiro atoms. The minimum atomic E-state index is 0.118. The highest BCUT2D eigenvalue weighted by Gasteiger charge is 2.15. The molecule has 0 unspecified atom stereocenters. The Morgan fingerprint density at radius 1 is 0.929 bits per heavy atom. The second-order valence-electron chi connectivity index (χ2n) is 4.83. The summed E-state index contributed by atoms with van der Waals surface area (Å²) in [6, 6.07) is 0.118. The summed E-state index contributed by atoms with van der Waals surface area (Å²) in [7, 11) is 3.72. The summed E-state index contributed by atoms with van der Waals surface area (Å²) in [5, 5.41) is 0. The van der Waals surface area contributed by atoms with Crippen molar-refractivity contribution < 1.29 is 4.79 Å². The van der Waals surface area contributed by atoms with Crippen LogP contribution in [-0.4, -0.2) is 43.0 Å². The van der Waals surface area contributed by atoms with E-state index in [9.17, 15) is 4.79 Å². The predicted octanol–water partition coefficient (Wildman–Crippen LogP) is 2.28. The van der Waals surface area contributed by atoms with Gasteiger partial charge in [0.05, 0.1) is 0 Å². The van der Waals surface area contributed by atoms with Gasteiger partial charge < -0.3 is 9.80 Å². The van der Waals surface area contributed by atoms with E-state index >= 15 is 0 Å². The first-order chi connectivity index (χ1) is 6.34. The van der Waals surface area contributed by atoms with Crippen LogP contribution in [0.5, 0.6) is 0 Å². The van der Waals surface area contributed by atoms with Crippen molar-refractivity contribution in [2.75, 3.05) is 27.2 Å². The monoisotopic (exact) mass is 200 g/mol. The molecule has 0 rings (SSSR count). The second kappa shape index (κ2) is 5.89. The first kappa shape index (κ1) is 13.3. The van der Waals surface area contributed by atoms with Crippen molar-refractivity contribution >= 4 is 6.03 Å². The third-order valence-electron chi connectivity index (χ3n) is 1.93. The molecule has 0 bridgehead atoms. The number of carbonyl (C=O) groups is 1. The van der Waals surface area contributed by atoms with Gasteiger partial charge in [0.2, 0.25) is 0 Å². The quantitative estimate of drug-likeness (QED) is 0.683. The highest BCUT2D eigenvalue weighted by atomic mass is 16.2. The molecule has 0 radical (unpaired) electrons. The zero-order chi connectivity index (χ0) is 11.3. The lowest BCUT2D eigenvalue weighted by atomic mass is 10.2. The van der Waals surface area contributed by atoms with Gasteiger partial charge in [0, 0.05) is 27.2 Å². The van der Waals surface area contributed by atoms with Crippen molar-refractivity contribution in [1.29, 1.82) is 0 Å². The maximum atomic E-state index is 11.8. The molecule has 3 nitrogen and oxygen atoms in total. The number of hydrogen-bond acceptors (Lipinski definition) is 1. The summed E-state index contributed by atoms with van der Waals surface area (Å²) in [4.78, 5) is 15.3. The zero-order valence-corrected chi connectivity index (χ0v) is 10.4. The van der Waals surface area contributed by atoms with Crippen LogP contribution in [0, 0.1) is 11.8 Å². The van der Waals surface area contributed by atoms with Crippen LogP contribution >= 0.6 is 0 Å². The lowest BCUT2D eigenvalue weighted by Gasteiger charge is -2.27. The summed E-state index contributed by atoms with van der Waals surface area (Å²) in [6.07, 6.45) is 0. The molecule has 0 atom stereocenters. The van der Waals surface area contributed by atoms with Crippen molar-refractivity contribution in [3.05, 3.63) is 0 Å². The minimum Gasteiger partial charge on any atom is -0.327 e. The van der Waals surface area contributed by atoms with E-state index in [1.807, 2.05) is 14.1 Å². The van der Waals surface area contributed by atoms with Gasteiger partial charge in [-0.15, -0.1) is 0 Å². The Morgan fingerprint density at radius 2 is 1.21 bits per heavy atom. The number of carbonyl (C=O) groups excluding carboxylic acids is 1. The van der Waals surface area contributed by atoms with Crippen LogP contribution in [0.3, 0.4) is 0 Å². The van der Waals surface area contributed by atoms with E-state index in [0.29, 0.717) is 11.8 Å². The van der Waals surface area contributed by atoms with Gasteiger partial charge in [0.15, 0.2) is 0 Å². The molecule has 0 aromatic heterocycles. The molecule has 2 amide bonds. The van der Waals surface area contributed by atoms with Crippen LogP contribution in [0.4, 0.5) is 4.79 Å². The van der Waals surface area contributed by atoms with E-state index < -0.39 is 0 Å². The summed E-state index contributed by atoms with van der Waals surface area (Å²) in [6.45, 7) is 10.1. The standard InChI is InChI=1S/C11H24N2O/c1-9(2)7-12(5)11(14)13(6)8-10(3)4/h9-10H,7-8H2,1-6H3. The number of amides is 2. The average molecular weight is 200 g/mol. The van der Waals surface area contributed by atoms with Gasteiger partial charge in [-0.3, -0.25) is 0 Å². The number of rotatable bonds is 4. The van der Waals surface area contributed by atoms with Crippen molar-refractivity contribution in [3.8, 4) is 0 Å². The summed E-state index contributed by atoms with van der Waals surface area (Å²) < 4.78 is 0. The van der Waals surface area contributed by atoms with Crippen molar-refractivity contribution in [2.45, 2.75) is 27.7 Å². The molecule has 0 fully saturated rings. The third-order valence-corrected chi connectivity index (χ3v) is 1.93. The van der Waals surface area contributed by atoms with Crippen molar-refractivity contribution in [2.24, 2.45) is 11.8 Å². The second-order valence-corrected chi connectivity index (χ2v) is 4.83. The molecule has 0 heterocycles. The van der Waals surface area contributed by atoms with Gasteiger partial charge in [-0.2, -0.15) is 0 Å². The van der Waals surface area contributed by atoms with Gasteiger partial charge in [-0.1, -0.05) is 27.7 Å². The Hall–Kier alpha value is -0.730. The van der Waals surface area contributed by atoms with Gasteiger partial charge in [-0.05, 0) is 11.8 Å². The van der Waals surface area contributed by atoms with Crippen LogP contribution in [-0.2, 0) is 0 Å². The SMILES string of the molecule is CC(C)CN(C)C(=O)N(C)CC(C)C. The molecule has 14 heavy (non-hydrogen) atoms. The van der Waals surface area contributed by atoms with Gasteiger partial charge in [-0.25, -0.2) is 4.79 Å². The molecule has 0 aliphatic rings. The van der Waals surface area contributed by atoms with Gasteiger partial charge in [0.25, 0.3) is 0 Å². The fourth-order valence-electron chi connectivity index (χ4n) is 1.54. The Kier molecular flexibility index (Phi) is 5.58. The fraction of sp³-hybridized carbons (Fsp3) is 0.909. The van der Waals surface area contributed by atoms with Gasteiger partial charge >= 0.3 is 6.03 Å². The van der Waals surface area contributed by atoms with Crippen LogP contribution in [0.1, 0.15) is 27.7 Å². The molecular formula is C11H24N2O. The number of hydrogen-bond donors (Lipinski definition) is 0. The smallest absolute Gasteiger partial charge is 0.319 e. The third kappa shape index (κ3) is 5.10. The Bertz CT molecular complexity index is 160. The predicted molar refractivity (Wildman–Crippen MR) is 60.3 cm³/mol. The van der Waals surface area contributed by atoms with E-state index in [4.69, 9.17) is 0 Å². The van der Waals surface area contributed by atoms with Crippen LogP contribution < -0.4 is 0 Å². The number of nitrogens with zero attached hydrogens (tertiary/aromatic N) is 2. The Labute approximate surface area is 88.1 Å². The molecule has 3 heteroatoms. The van der Waals surface area contributed by atoms with E-state index in [1.165, 1.54) is 0 Å².